The lowest BCUT2D eigenvalue weighted by molar-refractivity contribution is 0.0208. The van der Waals surface area contributed by atoms with Crippen molar-refractivity contribution in [3.63, 3.8) is 0 Å². The molecule has 0 aromatic heterocycles. The van der Waals surface area contributed by atoms with Gasteiger partial charge in [-0.1, -0.05) is 0 Å². The predicted octanol–water partition coefficient (Wildman–Crippen LogP) is -0.461. The summed E-state index contributed by atoms with van der Waals surface area (Å²) < 4.78 is 50.3. The third kappa shape index (κ3) is 2.47. The van der Waals surface area contributed by atoms with Crippen molar-refractivity contribution in [3.05, 3.63) is 0 Å². The van der Waals surface area contributed by atoms with Crippen molar-refractivity contribution in [2.24, 2.45) is 11.5 Å². The van der Waals surface area contributed by atoms with Gasteiger partial charge >= 0.3 is 0 Å². The molecular formula is C3H8F2N2. The minimum absolute atomic E-state index is 3.45. The summed E-state index contributed by atoms with van der Waals surface area (Å²) in [4.78, 5) is 0. The SMILES string of the molecule is [2H]C([2H])(N)C(F)(F)C([2H])([2H])N. The van der Waals surface area contributed by atoms with E-state index in [-0.39, 0.29) is 0 Å². The average molecular weight is 114 g/mol. The van der Waals surface area contributed by atoms with Crippen LogP contribution in [0.15, 0.2) is 0 Å². The van der Waals surface area contributed by atoms with Gasteiger partial charge in [-0.15, -0.1) is 0 Å². The van der Waals surface area contributed by atoms with Crippen LogP contribution >= 0.6 is 0 Å². The molecule has 0 fully saturated rings. The first-order chi connectivity index (χ1) is 4.50. The maximum absolute atomic E-state index is 12.4. The number of hydrogen-bond acceptors (Lipinski definition) is 2. The highest BCUT2D eigenvalue weighted by molar-refractivity contribution is 4.65. The molecule has 0 saturated carbocycles. The maximum Gasteiger partial charge on any atom is 0.272 e. The Labute approximate surface area is 46.1 Å². The Morgan fingerprint density at radius 3 is 1.71 bits per heavy atom. The van der Waals surface area contributed by atoms with Crippen LogP contribution in [0.4, 0.5) is 8.78 Å². The Morgan fingerprint density at radius 1 is 1.43 bits per heavy atom. The standard InChI is InChI=1S/C3H8F2N2/c4-3(5,1-6)2-7/h1-2,6-7H2/i1D2,2D2. The molecule has 4 heteroatoms. The lowest BCUT2D eigenvalue weighted by atomic mass is 10.3. The average Bonchev–Trinajstić information content (AvgIpc) is 1.58. The van der Waals surface area contributed by atoms with Gasteiger partial charge in [-0.2, -0.15) is 0 Å². The Hall–Kier alpha value is -0.220. The van der Waals surface area contributed by atoms with Crippen LogP contribution in [-0.2, 0) is 0 Å². The second-order valence-electron chi connectivity index (χ2n) is 0.863. The van der Waals surface area contributed by atoms with Gasteiger partial charge in [0.1, 0.15) is 0 Å². The first-order valence-electron chi connectivity index (χ1n) is 3.46. The summed E-state index contributed by atoms with van der Waals surface area (Å²) in [7, 11) is 0. The predicted molar refractivity (Wildman–Crippen MR) is 23.1 cm³/mol. The van der Waals surface area contributed by atoms with Gasteiger partial charge in [-0.3, -0.25) is 0 Å². The summed E-state index contributed by atoms with van der Waals surface area (Å²) in [5.41, 5.74) is 8.73. The van der Waals surface area contributed by atoms with Gasteiger partial charge in [-0.25, -0.2) is 8.78 Å². The second-order valence-corrected chi connectivity index (χ2v) is 0.863. The zero-order valence-corrected chi connectivity index (χ0v) is 3.41. The summed E-state index contributed by atoms with van der Waals surface area (Å²) in [6.07, 6.45) is 0. The Morgan fingerprint density at radius 2 is 1.71 bits per heavy atom. The van der Waals surface area contributed by atoms with Crippen molar-refractivity contribution < 1.29 is 14.3 Å². The molecule has 44 valence electrons. The van der Waals surface area contributed by atoms with Gasteiger partial charge in [0.05, 0.1) is 13.0 Å². The molecule has 0 heterocycles. The number of alkyl halides is 2. The second kappa shape index (κ2) is 2.18. The summed E-state index contributed by atoms with van der Waals surface area (Å²) in [5, 5.41) is 0. The van der Waals surface area contributed by atoms with Crippen LogP contribution in [0.1, 0.15) is 5.48 Å². The molecule has 0 aliphatic heterocycles. The molecule has 0 aromatic carbocycles. The molecule has 4 N–H and O–H groups in total. The molecular weight excluding hydrogens is 102 g/mol. The molecule has 0 saturated heterocycles. The smallest absolute Gasteiger partial charge is 0.272 e. The van der Waals surface area contributed by atoms with Crippen molar-refractivity contribution in [2.45, 2.75) is 5.92 Å². The lowest BCUT2D eigenvalue weighted by Gasteiger charge is -2.07. The fraction of sp³-hybridized carbons (Fsp3) is 1.00. The van der Waals surface area contributed by atoms with Crippen LogP contribution in [0.25, 0.3) is 0 Å². The zero-order valence-electron chi connectivity index (χ0n) is 7.41. The van der Waals surface area contributed by atoms with Crippen molar-refractivity contribution in [3.8, 4) is 0 Å². The van der Waals surface area contributed by atoms with Crippen LogP contribution < -0.4 is 11.5 Å². The molecule has 0 aromatic rings. The van der Waals surface area contributed by atoms with E-state index in [0.717, 1.165) is 0 Å². The van der Waals surface area contributed by atoms with E-state index in [9.17, 15) is 8.78 Å². The number of rotatable bonds is 2. The number of halogens is 2. The third-order valence-electron chi connectivity index (χ3n) is 0.363. The highest BCUT2D eigenvalue weighted by atomic mass is 19.3. The highest BCUT2D eigenvalue weighted by Crippen LogP contribution is 2.06. The van der Waals surface area contributed by atoms with Gasteiger partial charge in [0.2, 0.25) is 0 Å². The quantitative estimate of drug-likeness (QED) is 0.510. The van der Waals surface area contributed by atoms with E-state index < -0.39 is 18.9 Å². The first kappa shape index (κ1) is 2.37. The van der Waals surface area contributed by atoms with Gasteiger partial charge in [0.25, 0.3) is 5.92 Å². The van der Waals surface area contributed by atoms with E-state index in [0.29, 0.717) is 0 Å². The Balaban J connectivity index is 4.75. The van der Waals surface area contributed by atoms with Gasteiger partial charge in [0.15, 0.2) is 0 Å². The van der Waals surface area contributed by atoms with E-state index in [4.69, 9.17) is 5.48 Å². The molecule has 2 nitrogen and oxygen atoms in total. The van der Waals surface area contributed by atoms with Crippen molar-refractivity contribution >= 4 is 0 Å². The fourth-order valence-electron chi connectivity index (χ4n) is 0.0417. The van der Waals surface area contributed by atoms with Crippen LogP contribution in [0, 0.1) is 0 Å². The topological polar surface area (TPSA) is 52.0 Å². The number of hydrogen-bond donors (Lipinski definition) is 2. The Kier molecular flexibility index (Phi) is 0.738. The van der Waals surface area contributed by atoms with Crippen LogP contribution in [-0.4, -0.2) is 18.9 Å². The highest BCUT2D eigenvalue weighted by Gasteiger charge is 2.23. The van der Waals surface area contributed by atoms with Gasteiger partial charge in [-0.05, 0) is 0 Å². The summed E-state index contributed by atoms with van der Waals surface area (Å²) in [6.45, 7) is -6.91. The summed E-state index contributed by atoms with van der Waals surface area (Å²) >= 11 is 0. The van der Waals surface area contributed by atoms with E-state index in [1.165, 1.54) is 0 Å². The van der Waals surface area contributed by atoms with E-state index in [2.05, 4.69) is 11.5 Å². The molecule has 0 radical (unpaired) electrons. The minimum atomic E-state index is -4.40. The molecule has 0 amide bonds. The van der Waals surface area contributed by atoms with E-state index in [1.807, 2.05) is 0 Å². The number of nitrogens with two attached hydrogens (primary N) is 2. The fourth-order valence-corrected chi connectivity index (χ4v) is 0.0417. The Bertz CT molecular complexity index is 132. The lowest BCUT2D eigenvalue weighted by Crippen LogP contribution is -2.35. The van der Waals surface area contributed by atoms with E-state index in [1.54, 1.807) is 0 Å². The molecule has 0 bridgehead atoms. The molecule has 0 atom stereocenters. The summed E-state index contributed by atoms with van der Waals surface area (Å²) in [6, 6.07) is 0. The van der Waals surface area contributed by atoms with Crippen LogP contribution in [0.3, 0.4) is 0 Å². The monoisotopic (exact) mass is 114 g/mol. The van der Waals surface area contributed by atoms with Gasteiger partial charge in [0, 0.05) is 5.48 Å². The van der Waals surface area contributed by atoms with Crippen LogP contribution in [0.5, 0.6) is 0 Å². The van der Waals surface area contributed by atoms with E-state index >= 15 is 0 Å². The molecule has 0 aliphatic carbocycles. The largest absolute Gasteiger partial charge is 0.325 e. The third-order valence-corrected chi connectivity index (χ3v) is 0.363. The zero-order chi connectivity index (χ0) is 9.50. The minimum Gasteiger partial charge on any atom is -0.325 e. The summed E-state index contributed by atoms with van der Waals surface area (Å²) in [5.74, 6) is -4.40. The molecule has 0 unspecified atom stereocenters. The van der Waals surface area contributed by atoms with Gasteiger partial charge < -0.3 is 11.5 Å². The molecule has 0 rings (SSSR count). The van der Waals surface area contributed by atoms with Crippen molar-refractivity contribution in [2.75, 3.05) is 13.0 Å². The molecule has 0 aliphatic rings. The maximum atomic E-state index is 12.4. The van der Waals surface area contributed by atoms with Crippen LogP contribution in [0.2, 0.25) is 0 Å². The van der Waals surface area contributed by atoms with Crippen molar-refractivity contribution in [1.29, 1.82) is 0 Å². The molecule has 7 heavy (non-hydrogen) atoms. The normalized spacial score (nSPS) is 24.6. The molecule has 0 spiro atoms. The van der Waals surface area contributed by atoms with Crippen molar-refractivity contribution in [1.82, 2.24) is 0 Å². The first-order valence-corrected chi connectivity index (χ1v) is 1.46.